The molecule has 1 radical (unpaired) electrons. The second-order valence-electron chi connectivity index (χ2n) is 2.95. The Bertz CT molecular complexity index is 416. The molecule has 0 amide bonds. The zero-order valence-electron chi connectivity index (χ0n) is 8.57. The van der Waals surface area contributed by atoms with E-state index < -0.39 is 0 Å². The van der Waals surface area contributed by atoms with Gasteiger partial charge in [0.2, 0.25) is 0 Å². The molecule has 0 spiro atoms. The van der Waals surface area contributed by atoms with Crippen molar-refractivity contribution in [1.29, 1.82) is 0 Å². The molecule has 0 saturated carbocycles. The fraction of sp³-hybridized carbons (Fsp3) is 0.182. The van der Waals surface area contributed by atoms with Gasteiger partial charge in [0, 0.05) is 11.8 Å². The number of ether oxygens (including phenoxy) is 2. The molecule has 4 heteroatoms. The zero-order chi connectivity index (χ0) is 10.7. The Morgan fingerprint density at radius 3 is 2.33 bits per heavy atom. The van der Waals surface area contributed by atoms with Gasteiger partial charge < -0.3 is 9.47 Å². The second kappa shape index (κ2) is 4.04. The summed E-state index contributed by atoms with van der Waals surface area (Å²) in [7, 11) is 3.23. The summed E-state index contributed by atoms with van der Waals surface area (Å²) in [6, 6.07) is 6.49. The first kappa shape index (κ1) is 9.58. The van der Waals surface area contributed by atoms with Crippen molar-refractivity contribution in [2.75, 3.05) is 14.2 Å². The lowest BCUT2D eigenvalue weighted by Crippen LogP contribution is -1.92. The van der Waals surface area contributed by atoms with E-state index in [9.17, 15) is 0 Å². The first-order chi connectivity index (χ1) is 7.36. The van der Waals surface area contributed by atoms with Gasteiger partial charge in [-0.25, -0.2) is 0 Å². The number of rotatable bonds is 3. The number of methoxy groups -OCH3 is 2. The molecule has 1 N–H and O–H groups in total. The van der Waals surface area contributed by atoms with Gasteiger partial charge in [-0.1, -0.05) is 0 Å². The van der Waals surface area contributed by atoms with Crippen LogP contribution in [0.5, 0.6) is 11.5 Å². The number of H-pyrrole nitrogens is 1. The number of nitrogens with zero attached hydrogens (tertiary/aromatic N) is 1. The predicted molar refractivity (Wildman–Crippen MR) is 56.0 cm³/mol. The minimum atomic E-state index is 0.718. The number of aromatic amines is 1. The summed E-state index contributed by atoms with van der Waals surface area (Å²) in [4.78, 5) is 0. The van der Waals surface area contributed by atoms with Crippen molar-refractivity contribution in [3.05, 3.63) is 30.6 Å². The molecule has 0 bridgehead atoms. The number of hydrogen-bond acceptors (Lipinski definition) is 3. The van der Waals surface area contributed by atoms with E-state index in [2.05, 4.69) is 16.3 Å². The Labute approximate surface area is 87.8 Å². The maximum Gasteiger partial charge on any atom is 0.131 e. The minimum Gasteiger partial charge on any atom is -0.496 e. The number of aromatic nitrogens is 2. The van der Waals surface area contributed by atoms with Crippen LogP contribution in [0.3, 0.4) is 0 Å². The van der Waals surface area contributed by atoms with Crippen molar-refractivity contribution >= 4 is 0 Å². The van der Waals surface area contributed by atoms with Crippen molar-refractivity contribution in [2.24, 2.45) is 0 Å². The monoisotopic (exact) mass is 203 g/mol. The highest BCUT2D eigenvalue weighted by atomic mass is 16.5. The summed E-state index contributed by atoms with van der Waals surface area (Å²) in [6.45, 7) is 0. The Morgan fingerprint density at radius 2 is 1.87 bits per heavy atom. The van der Waals surface area contributed by atoms with Crippen molar-refractivity contribution < 1.29 is 9.47 Å². The van der Waals surface area contributed by atoms with Crippen LogP contribution >= 0.6 is 0 Å². The van der Waals surface area contributed by atoms with E-state index in [4.69, 9.17) is 9.47 Å². The van der Waals surface area contributed by atoms with E-state index >= 15 is 0 Å². The highest BCUT2D eigenvalue weighted by Gasteiger charge is 2.12. The highest BCUT2D eigenvalue weighted by Crippen LogP contribution is 2.37. The molecular weight excluding hydrogens is 192 g/mol. The third-order valence-corrected chi connectivity index (χ3v) is 2.15. The van der Waals surface area contributed by atoms with Crippen LogP contribution in [0.2, 0.25) is 0 Å². The average molecular weight is 203 g/mol. The summed E-state index contributed by atoms with van der Waals surface area (Å²) in [5.74, 6) is 1.44. The van der Waals surface area contributed by atoms with Crippen molar-refractivity contribution in [3.8, 4) is 22.6 Å². The van der Waals surface area contributed by atoms with E-state index in [-0.39, 0.29) is 0 Å². The zero-order valence-corrected chi connectivity index (χ0v) is 8.57. The molecule has 0 aliphatic rings. The van der Waals surface area contributed by atoms with Gasteiger partial charge in [-0.2, -0.15) is 5.10 Å². The molecule has 0 fully saturated rings. The highest BCUT2D eigenvalue weighted by molar-refractivity contribution is 5.75. The molecule has 2 rings (SSSR count). The largest absolute Gasteiger partial charge is 0.496 e. The third-order valence-electron chi connectivity index (χ3n) is 2.15. The molecule has 2 aromatic rings. The first-order valence-electron chi connectivity index (χ1n) is 4.48. The molecule has 1 aromatic carbocycles. The molecule has 1 aromatic heterocycles. The fourth-order valence-electron chi connectivity index (χ4n) is 1.45. The Hall–Kier alpha value is -1.97. The van der Waals surface area contributed by atoms with Crippen molar-refractivity contribution in [3.63, 3.8) is 0 Å². The van der Waals surface area contributed by atoms with E-state index in [1.807, 2.05) is 0 Å². The number of nitrogens with one attached hydrogen (secondary N) is 1. The molecule has 0 aliphatic carbocycles. The number of benzene rings is 1. The van der Waals surface area contributed by atoms with E-state index in [0.29, 0.717) is 0 Å². The van der Waals surface area contributed by atoms with Gasteiger partial charge in [0.25, 0.3) is 0 Å². The van der Waals surface area contributed by atoms with Crippen LogP contribution in [-0.4, -0.2) is 24.4 Å². The summed E-state index contributed by atoms with van der Waals surface area (Å²) in [5, 5.41) is 6.66. The van der Waals surface area contributed by atoms with Crippen LogP contribution in [0.1, 0.15) is 0 Å². The van der Waals surface area contributed by atoms with Gasteiger partial charge in [-0.05, 0) is 18.2 Å². The van der Waals surface area contributed by atoms with Crippen molar-refractivity contribution in [2.45, 2.75) is 0 Å². The topological polar surface area (TPSA) is 47.1 Å². The molecule has 4 nitrogen and oxygen atoms in total. The van der Waals surface area contributed by atoms with Gasteiger partial charge in [-0.15, -0.1) is 0 Å². The van der Waals surface area contributed by atoms with Crippen LogP contribution < -0.4 is 9.47 Å². The molecule has 1 heterocycles. The van der Waals surface area contributed by atoms with E-state index in [1.165, 1.54) is 0 Å². The molecule has 0 saturated heterocycles. The Morgan fingerprint density at radius 1 is 1.20 bits per heavy atom. The van der Waals surface area contributed by atoms with Crippen LogP contribution in [0.25, 0.3) is 11.1 Å². The van der Waals surface area contributed by atoms with Gasteiger partial charge in [-0.3, -0.25) is 5.10 Å². The third kappa shape index (κ3) is 1.66. The second-order valence-corrected chi connectivity index (χ2v) is 2.95. The molecule has 0 aliphatic heterocycles. The summed E-state index contributed by atoms with van der Waals surface area (Å²) in [6.07, 6.45) is 3.51. The summed E-state index contributed by atoms with van der Waals surface area (Å²) in [5.41, 5.74) is 1.81. The fourth-order valence-corrected chi connectivity index (χ4v) is 1.45. The molecule has 0 unspecified atom stereocenters. The van der Waals surface area contributed by atoms with E-state index in [1.54, 1.807) is 38.7 Å². The van der Waals surface area contributed by atoms with Crippen LogP contribution in [0, 0.1) is 6.07 Å². The standard InChI is InChI=1S/C11H11N2O2/c1-14-9-4-3-5-10(15-2)11(9)8-6-12-13-7-8/h4-7H,1-2H3,(H,12,13). The lowest BCUT2D eigenvalue weighted by atomic mass is 10.1. The molecular formula is C11H11N2O2. The average Bonchev–Trinajstić information content (AvgIpc) is 2.81. The molecule has 0 atom stereocenters. The smallest absolute Gasteiger partial charge is 0.131 e. The lowest BCUT2D eigenvalue weighted by Gasteiger charge is -2.10. The SMILES string of the molecule is COc1c[c]cc(OC)c1-c1cn[nH]c1. The molecule has 15 heavy (non-hydrogen) atoms. The number of hydrogen-bond donors (Lipinski definition) is 1. The van der Waals surface area contributed by atoms with Gasteiger partial charge >= 0.3 is 0 Å². The van der Waals surface area contributed by atoms with Crippen LogP contribution in [0.15, 0.2) is 24.5 Å². The Kier molecular flexibility index (Phi) is 2.58. The summed E-state index contributed by atoms with van der Waals surface area (Å²) >= 11 is 0. The maximum absolute atomic E-state index is 5.26. The quantitative estimate of drug-likeness (QED) is 0.828. The lowest BCUT2D eigenvalue weighted by molar-refractivity contribution is 0.397. The minimum absolute atomic E-state index is 0.718. The maximum atomic E-state index is 5.26. The van der Waals surface area contributed by atoms with Crippen molar-refractivity contribution in [1.82, 2.24) is 10.2 Å². The molecule has 77 valence electrons. The summed E-state index contributed by atoms with van der Waals surface area (Å²) < 4.78 is 10.5. The predicted octanol–water partition coefficient (Wildman–Crippen LogP) is 1.89. The van der Waals surface area contributed by atoms with Gasteiger partial charge in [0.15, 0.2) is 0 Å². The normalized spacial score (nSPS) is 10.0. The first-order valence-corrected chi connectivity index (χ1v) is 4.48. The van der Waals surface area contributed by atoms with Crippen LogP contribution in [-0.2, 0) is 0 Å². The van der Waals surface area contributed by atoms with Gasteiger partial charge in [0.05, 0.1) is 26.0 Å². The Balaban J connectivity index is 2.61. The van der Waals surface area contributed by atoms with Gasteiger partial charge in [0.1, 0.15) is 11.5 Å². The van der Waals surface area contributed by atoms with E-state index in [0.717, 1.165) is 22.6 Å². The van der Waals surface area contributed by atoms with Crippen LogP contribution in [0.4, 0.5) is 0 Å².